The maximum Gasteiger partial charge on any atom is 0.488 e. The monoisotopic (exact) mass is 400 g/mol. The molecule has 1 saturated heterocycles. The average Bonchev–Trinajstić information content (AvgIpc) is 3.23. The zero-order valence-electron chi connectivity index (χ0n) is 16.3. The van der Waals surface area contributed by atoms with E-state index in [1.807, 2.05) is 30.3 Å². The first-order chi connectivity index (χ1) is 14.6. The predicted octanol–water partition coefficient (Wildman–Crippen LogP) is 1.50. The van der Waals surface area contributed by atoms with Crippen LogP contribution in [0, 0.1) is 11.3 Å². The maximum absolute atomic E-state index is 9.42. The first-order valence-electron chi connectivity index (χ1n) is 9.77. The van der Waals surface area contributed by atoms with Crippen molar-refractivity contribution in [3.8, 4) is 6.07 Å². The molecule has 8 nitrogen and oxygen atoms in total. The summed E-state index contributed by atoms with van der Waals surface area (Å²) in [6.07, 6.45) is 5.39. The molecule has 1 fully saturated rings. The molecule has 0 spiro atoms. The van der Waals surface area contributed by atoms with Crippen LogP contribution in [0.4, 0.5) is 11.6 Å². The SMILES string of the molecule is N#Cc1ccc(Nc2nccc(C3CCCN3Cc3cccc(B(O)O)c3)n2)cn1. The number of benzene rings is 1. The van der Waals surface area contributed by atoms with Crippen molar-refractivity contribution in [3.05, 3.63) is 71.8 Å². The van der Waals surface area contributed by atoms with Gasteiger partial charge in [-0.25, -0.2) is 15.0 Å². The molecule has 1 atom stereocenters. The average molecular weight is 400 g/mol. The lowest BCUT2D eigenvalue weighted by Gasteiger charge is -2.24. The fourth-order valence-corrected chi connectivity index (χ4v) is 3.72. The van der Waals surface area contributed by atoms with Crippen molar-refractivity contribution in [1.82, 2.24) is 19.9 Å². The molecule has 0 bridgehead atoms. The molecule has 9 heteroatoms. The van der Waals surface area contributed by atoms with Gasteiger partial charge in [-0.1, -0.05) is 24.3 Å². The third-order valence-electron chi connectivity index (χ3n) is 5.15. The second-order valence-corrected chi connectivity index (χ2v) is 7.22. The van der Waals surface area contributed by atoms with Crippen molar-refractivity contribution in [1.29, 1.82) is 5.26 Å². The van der Waals surface area contributed by atoms with Gasteiger partial charge in [0, 0.05) is 12.7 Å². The standard InChI is InChI=1S/C21H21BN6O2/c23-12-17-6-7-18(13-25-17)26-21-24-9-8-19(27-21)20-5-2-10-28(20)14-15-3-1-4-16(11-15)22(29)30/h1,3-4,6-9,11,13,20,29-30H,2,5,10,14H2,(H,24,26,27). The number of nitriles is 1. The van der Waals surface area contributed by atoms with Crippen LogP contribution in [0.1, 0.15) is 35.8 Å². The van der Waals surface area contributed by atoms with Gasteiger partial charge in [0.25, 0.3) is 0 Å². The van der Waals surface area contributed by atoms with Crippen LogP contribution in [0.5, 0.6) is 0 Å². The predicted molar refractivity (Wildman–Crippen MR) is 113 cm³/mol. The number of nitrogens with one attached hydrogen (secondary N) is 1. The third kappa shape index (κ3) is 4.63. The highest BCUT2D eigenvalue weighted by molar-refractivity contribution is 6.58. The Bertz CT molecular complexity index is 1050. The zero-order valence-corrected chi connectivity index (χ0v) is 16.3. The van der Waals surface area contributed by atoms with E-state index in [4.69, 9.17) is 10.2 Å². The van der Waals surface area contributed by atoms with Gasteiger partial charge in [-0.15, -0.1) is 0 Å². The highest BCUT2D eigenvalue weighted by Gasteiger charge is 2.27. The second kappa shape index (κ2) is 9.01. The fraction of sp³-hybridized carbons (Fsp3) is 0.238. The molecule has 1 aromatic carbocycles. The lowest BCUT2D eigenvalue weighted by Crippen LogP contribution is -2.31. The zero-order chi connectivity index (χ0) is 20.9. The smallest absolute Gasteiger partial charge is 0.423 e. The summed E-state index contributed by atoms with van der Waals surface area (Å²) in [6.45, 7) is 1.65. The van der Waals surface area contributed by atoms with Gasteiger partial charge in [-0.3, -0.25) is 4.90 Å². The number of pyridine rings is 1. The number of nitrogens with zero attached hydrogens (tertiary/aromatic N) is 5. The largest absolute Gasteiger partial charge is 0.488 e. The molecule has 1 aliphatic heterocycles. The van der Waals surface area contributed by atoms with Gasteiger partial charge >= 0.3 is 7.12 Å². The second-order valence-electron chi connectivity index (χ2n) is 7.22. The third-order valence-corrected chi connectivity index (χ3v) is 5.15. The summed E-state index contributed by atoms with van der Waals surface area (Å²) < 4.78 is 0. The van der Waals surface area contributed by atoms with E-state index in [0.717, 1.165) is 30.6 Å². The molecule has 3 heterocycles. The minimum absolute atomic E-state index is 0.162. The number of aromatic nitrogens is 3. The highest BCUT2D eigenvalue weighted by atomic mass is 16.4. The van der Waals surface area contributed by atoms with Gasteiger partial charge in [0.05, 0.1) is 23.6 Å². The van der Waals surface area contributed by atoms with E-state index in [-0.39, 0.29) is 6.04 Å². The molecule has 0 aliphatic carbocycles. The maximum atomic E-state index is 9.42. The molecule has 0 radical (unpaired) electrons. The molecule has 0 amide bonds. The van der Waals surface area contributed by atoms with Gasteiger partial charge in [-0.2, -0.15) is 5.26 Å². The van der Waals surface area contributed by atoms with Crippen LogP contribution in [-0.2, 0) is 6.54 Å². The van der Waals surface area contributed by atoms with Gasteiger partial charge in [-0.05, 0) is 48.6 Å². The quantitative estimate of drug-likeness (QED) is 0.533. The van der Waals surface area contributed by atoms with Gasteiger partial charge in [0.1, 0.15) is 11.8 Å². The lowest BCUT2D eigenvalue weighted by atomic mass is 9.79. The summed E-state index contributed by atoms with van der Waals surface area (Å²) in [6, 6.07) is 14.9. The van der Waals surface area contributed by atoms with E-state index < -0.39 is 7.12 Å². The Morgan fingerprint density at radius 2 is 2.10 bits per heavy atom. The number of rotatable bonds is 6. The Morgan fingerprint density at radius 1 is 1.20 bits per heavy atom. The molecule has 1 aliphatic rings. The van der Waals surface area contributed by atoms with Crippen LogP contribution in [0.2, 0.25) is 0 Å². The Hall–Kier alpha value is -3.32. The van der Waals surface area contributed by atoms with Crippen molar-refractivity contribution in [2.75, 3.05) is 11.9 Å². The molecule has 4 rings (SSSR count). The number of hydrogen-bond donors (Lipinski definition) is 3. The summed E-state index contributed by atoms with van der Waals surface area (Å²) in [5.74, 6) is 0.483. The molecule has 3 N–H and O–H groups in total. The topological polar surface area (TPSA) is 118 Å². The van der Waals surface area contributed by atoms with E-state index in [1.54, 1.807) is 30.6 Å². The van der Waals surface area contributed by atoms with Crippen molar-refractivity contribution in [2.45, 2.75) is 25.4 Å². The van der Waals surface area contributed by atoms with Crippen LogP contribution >= 0.6 is 0 Å². The van der Waals surface area contributed by atoms with Crippen LogP contribution < -0.4 is 10.8 Å². The van der Waals surface area contributed by atoms with E-state index in [2.05, 4.69) is 20.2 Å². The molecule has 30 heavy (non-hydrogen) atoms. The summed E-state index contributed by atoms with van der Waals surface area (Å²) >= 11 is 0. The number of anilines is 2. The molecule has 3 aromatic rings. The van der Waals surface area contributed by atoms with E-state index >= 15 is 0 Å². The number of likely N-dealkylation sites (tertiary alicyclic amines) is 1. The van der Waals surface area contributed by atoms with Crippen molar-refractivity contribution >= 4 is 24.2 Å². The Kier molecular flexibility index (Phi) is 6.00. The molecule has 1 unspecified atom stereocenters. The minimum atomic E-state index is -1.47. The normalized spacial score (nSPS) is 16.2. The summed E-state index contributed by atoms with van der Waals surface area (Å²) in [4.78, 5) is 15.4. The highest BCUT2D eigenvalue weighted by Crippen LogP contribution is 2.32. The summed E-state index contributed by atoms with van der Waals surface area (Å²) in [5.41, 5.74) is 3.53. The fourth-order valence-electron chi connectivity index (χ4n) is 3.72. The molecule has 2 aromatic heterocycles. The van der Waals surface area contributed by atoms with Gasteiger partial charge < -0.3 is 15.4 Å². The van der Waals surface area contributed by atoms with Crippen LogP contribution in [0.25, 0.3) is 0 Å². The first-order valence-corrected chi connectivity index (χ1v) is 9.77. The van der Waals surface area contributed by atoms with E-state index in [0.29, 0.717) is 29.3 Å². The van der Waals surface area contributed by atoms with Gasteiger partial charge in [0.15, 0.2) is 0 Å². The van der Waals surface area contributed by atoms with E-state index in [1.165, 1.54) is 0 Å². The summed E-state index contributed by atoms with van der Waals surface area (Å²) in [5, 5.41) is 30.8. The molecule has 150 valence electrons. The lowest BCUT2D eigenvalue weighted by molar-refractivity contribution is 0.244. The Morgan fingerprint density at radius 3 is 2.87 bits per heavy atom. The Balaban J connectivity index is 1.49. The van der Waals surface area contributed by atoms with Crippen molar-refractivity contribution in [3.63, 3.8) is 0 Å². The Labute approximate surface area is 175 Å². The minimum Gasteiger partial charge on any atom is -0.423 e. The molecular formula is C21H21BN6O2. The van der Waals surface area contributed by atoms with Crippen LogP contribution in [-0.4, -0.2) is 43.6 Å². The number of hydrogen-bond acceptors (Lipinski definition) is 8. The first kappa shape index (κ1) is 20.0. The van der Waals surface area contributed by atoms with E-state index in [9.17, 15) is 10.0 Å². The van der Waals surface area contributed by atoms with Gasteiger partial charge in [0.2, 0.25) is 5.95 Å². The van der Waals surface area contributed by atoms with Crippen LogP contribution in [0.15, 0.2) is 54.9 Å². The van der Waals surface area contributed by atoms with Crippen molar-refractivity contribution in [2.24, 2.45) is 0 Å². The summed E-state index contributed by atoms with van der Waals surface area (Å²) in [7, 11) is -1.47. The van der Waals surface area contributed by atoms with Crippen LogP contribution in [0.3, 0.4) is 0 Å². The van der Waals surface area contributed by atoms with Crippen molar-refractivity contribution < 1.29 is 10.0 Å². The molecular weight excluding hydrogens is 379 g/mol. The molecule has 0 saturated carbocycles.